The fraction of sp³-hybridized carbons (Fsp3) is 0.583. The number of halogens is 1. The summed E-state index contributed by atoms with van der Waals surface area (Å²) < 4.78 is 11.3. The molecule has 2 heterocycles. The molecule has 1 aromatic rings. The van der Waals surface area contributed by atoms with Gasteiger partial charge in [-0.1, -0.05) is 11.6 Å². The fourth-order valence-corrected chi connectivity index (χ4v) is 3.14. The van der Waals surface area contributed by atoms with Gasteiger partial charge in [0.2, 0.25) is 0 Å². The lowest BCUT2D eigenvalue weighted by Gasteiger charge is -2.35. The van der Waals surface area contributed by atoms with Crippen molar-refractivity contribution >= 4 is 34.7 Å². The van der Waals surface area contributed by atoms with Crippen LogP contribution in [-0.4, -0.2) is 43.3 Å². The van der Waals surface area contributed by atoms with E-state index in [1.165, 1.54) is 18.4 Å². The minimum absolute atomic E-state index is 0.0439. The average molecular weight is 305 g/mol. The van der Waals surface area contributed by atoms with E-state index in [4.69, 9.17) is 21.1 Å². The first kappa shape index (κ1) is 14.4. The number of urea groups is 1. The van der Waals surface area contributed by atoms with Crippen molar-refractivity contribution in [3.63, 3.8) is 0 Å². The molecule has 0 spiro atoms. The fourth-order valence-electron chi connectivity index (χ4n) is 2.14. The summed E-state index contributed by atoms with van der Waals surface area (Å²) in [6, 6.07) is -0.158. The van der Waals surface area contributed by atoms with Gasteiger partial charge in [-0.05, 0) is 13.8 Å². The van der Waals surface area contributed by atoms with Crippen molar-refractivity contribution in [2.75, 3.05) is 25.5 Å². The van der Waals surface area contributed by atoms with Gasteiger partial charge in [0.05, 0.1) is 25.0 Å². The van der Waals surface area contributed by atoms with Gasteiger partial charge in [0, 0.05) is 18.5 Å². The Labute approximate surface area is 121 Å². The Morgan fingerprint density at radius 1 is 1.53 bits per heavy atom. The number of thiophene rings is 1. The maximum Gasteiger partial charge on any atom is 0.322 e. The monoisotopic (exact) mass is 304 g/mol. The molecule has 1 aromatic heterocycles. The van der Waals surface area contributed by atoms with Crippen LogP contribution in [0.4, 0.5) is 10.5 Å². The highest BCUT2D eigenvalue weighted by Gasteiger charge is 2.26. The first-order chi connectivity index (χ1) is 9.01. The van der Waals surface area contributed by atoms with E-state index in [1.54, 1.807) is 10.3 Å². The molecule has 5 nitrogen and oxygen atoms in total. The second-order valence-electron chi connectivity index (χ2n) is 4.55. The number of nitrogens with zero attached hydrogens (tertiary/aromatic N) is 1. The van der Waals surface area contributed by atoms with E-state index in [9.17, 15) is 4.79 Å². The first-order valence-electron chi connectivity index (χ1n) is 6.03. The molecule has 2 amide bonds. The SMILES string of the molecule is COc1c(NC(=O)N2C[C@@H](C)O[C@@H](C)C2)csc1Cl. The normalized spacial score (nSPS) is 23.3. The lowest BCUT2D eigenvalue weighted by Crippen LogP contribution is -2.49. The molecule has 2 atom stereocenters. The van der Waals surface area contributed by atoms with Crippen LogP contribution in [0.1, 0.15) is 13.8 Å². The van der Waals surface area contributed by atoms with E-state index in [2.05, 4.69) is 5.32 Å². The summed E-state index contributed by atoms with van der Waals surface area (Å²) in [7, 11) is 1.53. The Morgan fingerprint density at radius 2 is 2.16 bits per heavy atom. The molecule has 7 heteroatoms. The first-order valence-corrected chi connectivity index (χ1v) is 7.29. The zero-order chi connectivity index (χ0) is 14.0. The summed E-state index contributed by atoms with van der Waals surface area (Å²) in [4.78, 5) is 13.9. The molecule has 106 valence electrons. The number of hydrogen-bond acceptors (Lipinski definition) is 4. The molecule has 2 rings (SSSR count). The van der Waals surface area contributed by atoms with Gasteiger partial charge in [0.15, 0.2) is 5.75 Å². The molecule has 1 aliphatic heterocycles. The molecule has 0 saturated carbocycles. The third-order valence-electron chi connectivity index (χ3n) is 2.86. The minimum Gasteiger partial charge on any atom is -0.492 e. The van der Waals surface area contributed by atoms with Crippen LogP contribution in [0.15, 0.2) is 5.38 Å². The smallest absolute Gasteiger partial charge is 0.322 e. The summed E-state index contributed by atoms with van der Waals surface area (Å²) >= 11 is 7.30. The predicted molar refractivity (Wildman–Crippen MR) is 76.5 cm³/mol. The lowest BCUT2D eigenvalue weighted by molar-refractivity contribution is -0.0530. The topological polar surface area (TPSA) is 50.8 Å². The Balaban J connectivity index is 2.04. The summed E-state index contributed by atoms with van der Waals surface area (Å²) in [6.45, 7) is 5.07. The van der Waals surface area contributed by atoms with Gasteiger partial charge in [0.1, 0.15) is 4.34 Å². The molecule has 0 bridgehead atoms. The largest absolute Gasteiger partial charge is 0.492 e. The van der Waals surface area contributed by atoms with Gasteiger partial charge in [-0.25, -0.2) is 4.79 Å². The number of carbonyl (C=O) groups is 1. The van der Waals surface area contributed by atoms with Crippen LogP contribution in [0, 0.1) is 0 Å². The van der Waals surface area contributed by atoms with Gasteiger partial charge < -0.3 is 19.7 Å². The summed E-state index contributed by atoms with van der Waals surface area (Å²) in [6.07, 6.45) is 0.0879. The Bertz CT molecular complexity index is 456. The van der Waals surface area contributed by atoms with Gasteiger partial charge in [-0.15, -0.1) is 11.3 Å². The third-order valence-corrected chi connectivity index (χ3v) is 4.04. The maximum absolute atomic E-state index is 12.2. The predicted octanol–water partition coefficient (Wildman–Crippen LogP) is 3.05. The summed E-state index contributed by atoms with van der Waals surface area (Å²) in [5, 5.41) is 4.60. The van der Waals surface area contributed by atoms with Crippen LogP contribution in [0.25, 0.3) is 0 Å². The molecular formula is C12H17ClN2O3S. The van der Waals surface area contributed by atoms with Crippen molar-refractivity contribution in [1.82, 2.24) is 4.90 Å². The summed E-state index contributed by atoms with van der Waals surface area (Å²) in [5.41, 5.74) is 0.606. The Morgan fingerprint density at radius 3 is 2.74 bits per heavy atom. The van der Waals surface area contributed by atoms with E-state index >= 15 is 0 Å². The molecule has 19 heavy (non-hydrogen) atoms. The van der Waals surface area contributed by atoms with E-state index in [0.29, 0.717) is 28.9 Å². The van der Waals surface area contributed by atoms with Crippen LogP contribution in [0.5, 0.6) is 5.75 Å². The van der Waals surface area contributed by atoms with Crippen LogP contribution < -0.4 is 10.1 Å². The summed E-state index contributed by atoms with van der Waals surface area (Å²) in [5.74, 6) is 0.509. The Kier molecular flexibility index (Phi) is 4.54. The lowest BCUT2D eigenvalue weighted by atomic mass is 10.2. The molecule has 1 saturated heterocycles. The van der Waals surface area contributed by atoms with Crippen LogP contribution in [0.2, 0.25) is 4.34 Å². The number of hydrogen-bond donors (Lipinski definition) is 1. The van der Waals surface area contributed by atoms with E-state index < -0.39 is 0 Å². The van der Waals surface area contributed by atoms with Gasteiger partial charge >= 0.3 is 6.03 Å². The molecule has 1 fully saturated rings. The number of rotatable bonds is 2. The zero-order valence-corrected chi connectivity index (χ0v) is 12.7. The van der Waals surface area contributed by atoms with Crippen molar-refractivity contribution in [2.45, 2.75) is 26.1 Å². The van der Waals surface area contributed by atoms with E-state index in [1.807, 2.05) is 13.8 Å². The molecule has 1 N–H and O–H groups in total. The average Bonchev–Trinajstić information content (AvgIpc) is 2.68. The zero-order valence-electron chi connectivity index (χ0n) is 11.1. The highest BCUT2D eigenvalue weighted by atomic mass is 35.5. The molecular weight excluding hydrogens is 288 g/mol. The minimum atomic E-state index is -0.158. The maximum atomic E-state index is 12.2. The standard InChI is InChI=1S/C12H17ClN2O3S/c1-7-4-15(5-8(2)18-7)12(16)14-9-6-19-11(13)10(9)17-3/h6-8H,4-5H2,1-3H3,(H,14,16)/t7-,8+. The van der Waals surface area contributed by atoms with Gasteiger partial charge in [-0.2, -0.15) is 0 Å². The second kappa shape index (κ2) is 5.98. The van der Waals surface area contributed by atoms with Gasteiger partial charge in [0.25, 0.3) is 0 Å². The highest BCUT2D eigenvalue weighted by Crippen LogP contribution is 2.39. The number of ether oxygens (including phenoxy) is 2. The highest BCUT2D eigenvalue weighted by molar-refractivity contribution is 7.15. The van der Waals surface area contributed by atoms with Crippen molar-refractivity contribution in [3.8, 4) is 5.75 Å². The Hall–Kier alpha value is -0.980. The number of amides is 2. The second-order valence-corrected chi connectivity index (χ2v) is 6.03. The van der Waals surface area contributed by atoms with Crippen molar-refractivity contribution in [1.29, 1.82) is 0 Å². The van der Waals surface area contributed by atoms with E-state index in [0.717, 1.165) is 0 Å². The number of anilines is 1. The van der Waals surface area contributed by atoms with Crippen molar-refractivity contribution in [3.05, 3.63) is 9.72 Å². The van der Waals surface area contributed by atoms with Crippen LogP contribution in [0.3, 0.4) is 0 Å². The van der Waals surface area contributed by atoms with E-state index in [-0.39, 0.29) is 18.2 Å². The quantitative estimate of drug-likeness (QED) is 0.913. The van der Waals surface area contributed by atoms with Gasteiger partial charge in [-0.3, -0.25) is 0 Å². The third kappa shape index (κ3) is 3.32. The van der Waals surface area contributed by atoms with Crippen LogP contribution in [-0.2, 0) is 4.74 Å². The molecule has 0 radical (unpaired) electrons. The number of morpholine rings is 1. The molecule has 0 aromatic carbocycles. The van der Waals surface area contributed by atoms with Crippen molar-refractivity contribution < 1.29 is 14.3 Å². The molecule has 0 aliphatic carbocycles. The van der Waals surface area contributed by atoms with Crippen LogP contribution >= 0.6 is 22.9 Å². The molecule has 1 aliphatic rings. The van der Waals surface area contributed by atoms with Crippen molar-refractivity contribution in [2.24, 2.45) is 0 Å². The number of carbonyl (C=O) groups excluding carboxylic acids is 1. The molecule has 0 unspecified atom stereocenters. The number of nitrogens with one attached hydrogen (secondary N) is 1. The number of methoxy groups -OCH3 is 1.